The molecule has 0 atom stereocenters. The van der Waals surface area contributed by atoms with Crippen molar-refractivity contribution >= 4 is 34.0 Å². The zero-order chi connectivity index (χ0) is 23.1. The average Bonchev–Trinajstić information content (AvgIpc) is 3.61. The SMILES string of the molecule is Cl.O=S(=O)(CCCCCCN1CCN(Cc2ccccc2-c2cccc(Cl)c2)CC1)NC1CC1. The van der Waals surface area contributed by atoms with Gasteiger partial charge in [0.15, 0.2) is 0 Å². The molecule has 2 fully saturated rings. The van der Waals surface area contributed by atoms with E-state index in [9.17, 15) is 8.42 Å². The van der Waals surface area contributed by atoms with E-state index in [1.165, 1.54) is 16.7 Å². The Morgan fingerprint density at radius 1 is 0.882 bits per heavy atom. The van der Waals surface area contributed by atoms with Crippen molar-refractivity contribution in [1.29, 1.82) is 0 Å². The fourth-order valence-corrected chi connectivity index (χ4v) is 6.14. The van der Waals surface area contributed by atoms with Crippen LogP contribution in [0.2, 0.25) is 5.02 Å². The van der Waals surface area contributed by atoms with Gasteiger partial charge in [-0.1, -0.05) is 60.8 Å². The number of hydrogen-bond acceptors (Lipinski definition) is 4. The largest absolute Gasteiger partial charge is 0.301 e. The Morgan fingerprint density at radius 2 is 1.59 bits per heavy atom. The molecule has 8 heteroatoms. The Kier molecular flexibility index (Phi) is 10.7. The molecular formula is C26H37Cl2N3O2S. The maximum atomic E-state index is 11.9. The van der Waals surface area contributed by atoms with Crippen LogP contribution in [0.3, 0.4) is 0 Å². The average molecular weight is 527 g/mol. The molecule has 0 radical (unpaired) electrons. The second-order valence-electron chi connectivity index (χ2n) is 9.41. The van der Waals surface area contributed by atoms with E-state index < -0.39 is 10.0 Å². The molecule has 2 aromatic rings. The molecule has 0 spiro atoms. The van der Waals surface area contributed by atoms with Crippen molar-refractivity contribution in [3.8, 4) is 11.1 Å². The molecule has 5 nitrogen and oxygen atoms in total. The summed E-state index contributed by atoms with van der Waals surface area (Å²) in [6.07, 6.45) is 6.01. The Labute approximate surface area is 216 Å². The number of piperazine rings is 1. The van der Waals surface area contributed by atoms with Crippen LogP contribution in [0.1, 0.15) is 44.1 Å². The van der Waals surface area contributed by atoms with Crippen molar-refractivity contribution in [2.45, 2.75) is 51.1 Å². The van der Waals surface area contributed by atoms with Crippen molar-refractivity contribution in [3.63, 3.8) is 0 Å². The van der Waals surface area contributed by atoms with E-state index in [1.807, 2.05) is 18.2 Å². The minimum absolute atomic E-state index is 0. The maximum Gasteiger partial charge on any atom is 0.211 e. The number of nitrogens with one attached hydrogen (secondary N) is 1. The number of benzene rings is 2. The van der Waals surface area contributed by atoms with Gasteiger partial charge in [0.2, 0.25) is 10.0 Å². The predicted molar refractivity (Wildman–Crippen MR) is 144 cm³/mol. The van der Waals surface area contributed by atoms with Crippen LogP contribution in [0.15, 0.2) is 48.5 Å². The first kappa shape index (κ1) is 27.4. The van der Waals surface area contributed by atoms with E-state index in [-0.39, 0.29) is 24.2 Å². The summed E-state index contributed by atoms with van der Waals surface area (Å²) in [4.78, 5) is 5.09. The molecule has 1 saturated heterocycles. The van der Waals surface area contributed by atoms with Crippen LogP contribution >= 0.6 is 24.0 Å². The third-order valence-corrected chi connectivity index (χ3v) is 8.33. The van der Waals surface area contributed by atoms with E-state index in [1.54, 1.807) is 0 Å². The third-order valence-electron chi connectivity index (χ3n) is 6.57. The minimum atomic E-state index is -3.05. The summed E-state index contributed by atoms with van der Waals surface area (Å²) >= 11 is 6.22. The molecule has 1 aliphatic heterocycles. The van der Waals surface area contributed by atoms with Gasteiger partial charge in [0.05, 0.1) is 5.75 Å². The molecule has 34 heavy (non-hydrogen) atoms. The van der Waals surface area contributed by atoms with Crippen molar-refractivity contribution in [1.82, 2.24) is 14.5 Å². The lowest BCUT2D eigenvalue weighted by molar-refractivity contribution is 0.125. The highest BCUT2D eigenvalue weighted by Gasteiger charge is 2.26. The van der Waals surface area contributed by atoms with Gasteiger partial charge in [-0.25, -0.2) is 13.1 Å². The zero-order valence-corrected chi connectivity index (χ0v) is 22.2. The molecular weight excluding hydrogens is 489 g/mol. The first-order valence-electron chi connectivity index (χ1n) is 12.3. The van der Waals surface area contributed by atoms with Crippen LogP contribution in [0, 0.1) is 0 Å². The van der Waals surface area contributed by atoms with E-state index >= 15 is 0 Å². The Morgan fingerprint density at radius 3 is 2.32 bits per heavy atom. The Balaban J connectivity index is 0.00000324. The van der Waals surface area contributed by atoms with Crippen molar-refractivity contribution in [2.75, 3.05) is 38.5 Å². The lowest BCUT2D eigenvalue weighted by Gasteiger charge is -2.35. The highest BCUT2D eigenvalue weighted by molar-refractivity contribution is 7.89. The smallest absolute Gasteiger partial charge is 0.211 e. The molecule has 188 valence electrons. The second-order valence-corrected chi connectivity index (χ2v) is 11.7. The fraction of sp³-hybridized carbons (Fsp3) is 0.538. The van der Waals surface area contributed by atoms with Crippen molar-refractivity contribution in [3.05, 3.63) is 59.1 Å². The van der Waals surface area contributed by atoms with Gasteiger partial charge in [-0.05, 0) is 61.1 Å². The second kappa shape index (κ2) is 13.2. The first-order valence-corrected chi connectivity index (χ1v) is 14.3. The molecule has 0 bridgehead atoms. The lowest BCUT2D eigenvalue weighted by atomic mass is 9.99. The summed E-state index contributed by atoms with van der Waals surface area (Å²) in [5.74, 6) is 0.277. The molecule has 2 aromatic carbocycles. The maximum absolute atomic E-state index is 11.9. The highest BCUT2D eigenvalue weighted by Crippen LogP contribution is 2.27. The monoisotopic (exact) mass is 525 g/mol. The molecule has 1 saturated carbocycles. The summed E-state index contributed by atoms with van der Waals surface area (Å²) in [6, 6.07) is 16.9. The molecule has 0 amide bonds. The summed E-state index contributed by atoms with van der Waals surface area (Å²) in [7, 11) is -3.05. The third kappa shape index (κ3) is 8.81. The lowest BCUT2D eigenvalue weighted by Crippen LogP contribution is -2.46. The van der Waals surface area contributed by atoms with Gasteiger partial charge in [0.25, 0.3) is 0 Å². The highest BCUT2D eigenvalue weighted by atomic mass is 35.5. The number of unbranched alkanes of at least 4 members (excludes halogenated alkanes) is 3. The van der Waals surface area contributed by atoms with Gasteiger partial charge in [-0.2, -0.15) is 0 Å². The van der Waals surface area contributed by atoms with Crippen LogP contribution in [-0.2, 0) is 16.6 Å². The number of nitrogens with zero attached hydrogens (tertiary/aromatic N) is 2. The first-order chi connectivity index (χ1) is 16.0. The number of rotatable bonds is 12. The van der Waals surface area contributed by atoms with Gasteiger partial charge in [0.1, 0.15) is 0 Å². The summed E-state index contributed by atoms with van der Waals surface area (Å²) in [5, 5.41) is 0.771. The van der Waals surface area contributed by atoms with Gasteiger partial charge < -0.3 is 4.90 Å². The summed E-state index contributed by atoms with van der Waals surface area (Å²) in [6.45, 7) is 6.42. The fourth-order valence-electron chi connectivity index (χ4n) is 4.50. The molecule has 0 aromatic heterocycles. The Bertz CT molecular complexity index is 1010. The quantitative estimate of drug-likeness (QED) is 0.387. The van der Waals surface area contributed by atoms with Crippen molar-refractivity contribution in [2.24, 2.45) is 0 Å². The Hall–Kier alpha value is -1.15. The standard InChI is InChI=1S/C26H36ClN3O2S.ClH/c27-24-10-7-9-22(20-24)26-11-4-3-8-23(26)21-30-17-15-29(16-18-30)14-5-1-2-6-19-33(31,32)28-25-12-13-25;/h3-4,7-11,20,25,28H,1-2,5-6,12-19,21H2;1H. The number of hydrogen-bond donors (Lipinski definition) is 1. The molecule has 1 aliphatic carbocycles. The van der Waals surface area contributed by atoms with Crippen molar-refractivity contribution < 1.29 is 8.42 Å². The van der Waals surface area contributed by atoms with Crippen LogP contribution in [-0.4, -0.2) is 62.7 Å². The van der Waals surface area contributed by atoms with Gasteiger partial charge >= 0.3 is 0 Å². The van der Waals surface area contributed by atoms with Crippen LogP contribution in [0.25, 0.3) is 11.1 Å². The van der Waals surface area contributed by atoms with Crippen LogP contribution < -0.4 is 4.72 Å². The van der Waals surface area contributed by atoms with Gasteiger partial charge in [0, 0.05) is 43.8 Å². The molecule has 1 heterocycles. The number of halogens is 2. The van der Waals surface area contributed by atoms with Gasteiger partial charge in [-0.15, -0.1) is 12.4 Å². The summed E-state index contributed by atoms with van der Waals surface area (Å²) in [5.41, 5.74) is 3.78. The van der Waals surface area contributed by atoms with E-state index in [4.69, 9.17) is 11.6 Å². The van der Waals surface area contributed by atoms with Gasteiger partial charge in [-0.3, -0.25) is 4.90 Å². The molecule has 1 N–H and O–H groups in total. The van der Waals surface area contributed by atoms with Crippen LogP contribution in [0.5, 0.6) is 0 Å². The topological polar surface area (TPSA) is 52.7 Å². The predicted octanol–water partition coefficient (Wildman–Crippen LogP) is 5.19. The zero-order valence-electron chi connectivity index (χ0n) is 19.8. The molecule has 2 aliphatic rings. The summed E-state index contributed by atoms with van der Waals surface area (Å²) < 4.78 is 26.6. The molecule has 4 rings (SSSR count). The number of sulfonamides is 1. The van der Waals surface area contributed by atoms with E-state index in [2.05, 4.69) is 44.9 Å². The minimum Gasteiger partial charge on any atom is -0.301 e. The van der Waals surface area contributed by atoms with Crippen LogP contribution in [0.4, 0.5) is 0 Å². The normalized spacial score (nSPS) is 17.4. The van der Waals surface area contributed by atoms with E-state index in [0.717, 1.165) is 82.8 Å². The molecule has 0 unspecified atom stereocenters. The van der Waals surface area contributed by atoms with E-state index in [0.29, 0.717) is 0 Å².